The molecule has 4 rings (SSSR count). The zero-order chi connectivity index (χ0) is 23.0. The molecule has 3 aromatic rings. The Hall–Kier alpha value is -3.91. The van der Waals surface area contributed by atoms with E-state index in [4.69, 9.17) is 35.4 Å². The zero-order valence-electron chi connectivity index (χ0n) is 17.7. The van der Waals surface area contributed by atoms with Gasteiger partial charge in [0, 0.05) is 22.3 Å². The van der Waals surface area contributed by atoms with Crippen LogP contribution in [0.1, 0.15) is 11.1 Å². The summed E-state index contributed by atoms with van der Waals surface area (Å²) in [5.74, 6) is 2.02. The predicted octanol–water partition coefficient (Wildman–Crippen LogP) is 4.65. The summed E-state index contributed by atoms with van der Waals surface area (Å²) in [6.45, 7) is 0.303. The predicted molar refractivity (Wildman–Crippen MR) is 124 cm³/mol. The van der Waals surface area contributed by atoms with E-state index < -0.39 is 0 Å². The second-order valence-electron chi connectivity index (χ2n) is 6.95. The summed E-state index contributed by atoms with van der Waals surface area (Å²) < 4.78 is 21.8. The maximum absolute atomic E-state index is 12.1. The minimum Gasteiger partial charge on any atom is -0.493 e. The number of fused-ring (bicyclic) bond motifs is 1. The summed E-state index contributed by atoms with van der Waals surface area (Å²) in [5, 5.41) is 7.23. The Kier molecular flexibility index (Phi) is 7.16. The van der Waals surface area contributed by atoms with Crippen LogP contribution in [0.3, 0.4) is 0 Å². The number of carbonyl (C=O) groups is 1. The number of hydrogen-bond acceptors (Lipinski definition) is 7. The number of hydrogen-bond donors (Lipinski definition) is 1. The molecule has 0 bridgehead atoms. The van der Waals surface area contributed by atoms with Gasteiger partial charge >= 0.3 is 0 Å². The number of ether oxygens (including phenoxy) is 4. The number of benzene rings is 3. The SMILES string of the molecule is COc1cc(/C=N/OCC(=O)Nc2ccc3c(c2)OCO3)ccc1OCc1ccc(Cl)cc1. The van der Waals surface area contributed by atoms with E-state index in [1.54, 1.807) is 43.5 Å². The number of amides is 1. The van der Waals surface area contributed by atoms with Crippen LogP contribution in [0.4, 0.5) is 5.69 Å². The molecule has 170 valence electrons. The molecule has 0 spiro atoms. The second-order valence-corrected chi connectivity index (χ2v) is 7.39. The summed E-state index contributed by atoms with van der Waals surface area (Å²) in [5.41, 5.74) is 2.29. The molecule has 8 nitrogen and oxygen atoms in total. The number of nitrogens with zero attached hydrogens (tertiary/aromatic N) is 1. The fraction of sp³-hybridized carbons (Fsp3) is 0.167. The first kappa shape index (κ1) is 22.3. The molecule has 9 heteroatoms. The second kappa shape index (κ2) is 10.6. The van der Waals surface area contributed by atoms with Gasteiger partial charge in [0.25, 0.3) is 5.91 Å². The van der Waals surface area contributed by atoms with Crippen LogP contribution in [0.15, 0.2) is 65.8 Å². The molecule has 0 aromatic heterocycles. The van der Waals surface area contributed by atoms with Gasteiger partial charge in [-0.25, -0.2) is 0 Å². The largest absolute Gasteiger partial charge is 0.493 e. The van der Waals surface area contributed by atoms with Gasteiger partial charge in [0.2, 0.25) is 6.79 Å². The molecule has 0 aliphatic carbocycles. The molecule has 1 N–H and O–H groups in total. The Morgan fingerprint density at radius 2 is 1.88 bits per heavy atom. The van der Waals surface area contributed by atoms with Gasteiger partial charge in [0.15, 0.2) is 29.6 Å². The maximum Gasteiger partial charge on any atom is 0.265 e. The van der Waals surface area contributed by atoms with Crippen molar-refractivity contribution < 1.29 is 28.6 Å². The van der Waals surface area contributed by atoms with Gasteiger partial charge in [-0.2, -0.15) is 0 Å². The summed E-state index contributed by atoms with van der Waals surface area (Å²) in [4.78, 5) is 17.2. The van der Waals surface area contributed by atoms with Crippen molar-refractivity contribution in [3.05, 3.63) is 76.8 Å². The number of rotatable bonds is 9. The van der Waals surface area contributed by atoms with Crippen LogP contribution in [0.25, 0.3) is 0 Å². The van der Waals surface area contributed by atoms with Crippen molar-refractivity contribution in [1.82, 2.24) is 0 Å². The van der Waals surface area contributed by atoms with Crippen molar-refractivity contribution in [2.45, 2.75) is 6.61 Å². The third kappa shape index (κ3) is 6.08. The topological polar surface area (TPSA) is 87.6 Å². The highest BCUT2D eigenvalue weighted by molar-refractivity contribution is 6.30. The van der Waals surface area contributed by atoms with Crippen LogP contribution in [0.2, 0.25) is 5.02 Å². The van der Waals surface area contributed by atoms with Crippen LogP contribution >= 0.6 is 11.6 Å². The first-order valence-corrected chi connectivity index (χ1v) is 10.4. The highest BCUT2D eigenvalue weighted by atomic mass is 35.5. The lowest BCUT2D eigenvalue weighted by atomic mass is 10.2. The van der Waals surface area contributed by atoms with Gasteiger partial charge in [-0.05, 0) is 48.0 Å². The standard InChI is InChI=1S/C24H21ClN2O6/c1-29-22-10-17(4-8-20(22)30-13-16-2-5-18(25)6-3-16)12-26-33-14-24(28)27-19-7-9-21-23(11-19)32-15-31-21/h2-12H,13-15H2,1H3,(H,27,28)/b26-12+. The summed E-state index contributed by atoms with van der Waals surface area (Å²) in [6, 6.07) is 17.9. The van der Waals surface area contributed by atoms with Gasteiger partial charge in [0.05, 0.1) is 13.3 Å². The molecule has 0 saturated heterocycles. The zero-order valence-corrected chi connectivity index (χ0v) is 18.5. The van der Waals surface area contributed by atoms with Gasteiger partial charge in [-0.3, -0.25) is 4.79 Å². The number of methoxy groups -OCH3 is 1. The van der Waals surface area contributed by atoms with E-state index in [2.05, 4.69) is 10.5 Å². The molecule has 0 fully saturated rings. The van der Waals surface area contributed by atoms with Crippen LogP contribution in [-0.2, 0) is 16.2 Å². The number of carbonyl (C=O) groups excluding carboxylic acids is 1. The molecular formula is C24H21ClN2O6. The Balaban J connectivity index is 1.27. The summed E-state index contributed by atoms with van der Waals surface area (Å²) in [7, 11) is 1.56. The Morgan fingerprint density at radius 1 is 1.06 bits per heavy atom. The fourth-order valence-electron chi connectivity index (χ4n) is 2.99. The molecule has 0 atom stereocenters. The minimum atomic E-state index is -0.352. The first-order chi connectivity index (χ1) is 16.1. The van der Waals surface area contributed by atoms with Gasteiger partial charge in [-0.15, -0.1) is 0 Å². The van der Waals surface area contributed by atoms with Crippen LogP contribution in [0, 0.1) is 0 Å². The minimum absolute atomic E-state index is 0.171. The van der Waals surface area contributed by atoms with E-state index in [0.717, 1.165) is 11.1 Å². The highest BCUT2D eigenvalue weighted by Crippen LogP contribution is 2.34. The van der Waals surface area contributed by atoms with Gasteiger partial charge < -0.3 is 29.1 Å². The van der Waals surface area contributed by atoms with E-state index in [1.165, 1.54) is 6.21 Å². The van der Waals surface area contributed by atoms with Crippen molar-refractivity contribution in [3.63, 3.8) is 0 Å². The fourth-order valence-corrected chi connectivity index (χ4v) is 3.12. The molecular weight excluding hydrogens is 448 g/mol. The van der Waals surface area contributed by atoms with Crippen LogP contribution in [0.5, 0.6) is 23.0 Å². The molecule has 1 amide bonds. The average Bonchev–Trinajstić information content (AvgIpc) is 3.30. The van der Waals surface area contributed by atoms with E-state index in [0.29, 0.717) is 40.3 Å². The molecule has 1 heterocycles. The molecule has 0 saturated carbocycles. The lowest BCUT2D eigenvalue weighted by Crippen LogP contribution is -2.16. The van der Waals surface area contributed by atoms with E-state index in [-0.39, 0.29) is 19.3 Å². The number of anilines is 1. The smallest absolute Gasteiger partial charge is 0.265 e. The van der Waals surface area contributed by atoms with Gasteiger partial charge in [-0.1, -0.05) is 28.9 Å². The average molecular weight is 469 g/mol. The Labute approximate surface area is 195 Å². The van der Waals surface area contributed by atoms with E-state index in [9.17, 15) is 4.79 Å². The molecule has 33 heavy (non-hydrogen) atoms. The molecule has 0 radical (unpaired) electrons. The van der Waals surface area contributed by atoms with Crippen molar-refractivity contribution >= 4 is 29.4 Å². The number of nitrogens with one attached hydrogen (secondary N) is 1. The molecule has 3 aromatic carbocycles. The van der Waals surface area contributed by atoms with Gasteiger partial charge in [0.1, 0.15) is 6.61 Å². The Morgan fingerprint density at radius 3 is 2.70 bits per heavy atom. The number of oxime groups is 1. The van der Waals surface area contributed by atoms with Crippen LogP contribution < -0.4 is 24.3 Å². The maximum atomic E-state index is 12.1. The number of halogens is 1. The van der Waals surface area contributed by atoms with E-state index >= 15 is 0 Å². The Bertz CT molecular complexity index is 1150. The third-order valence-corrected chi connectivity index (χ3v) is 4.88. The summed E-state index contributed by atoms with van der Waals surface area (Å²) >= 11 is 5.90. The molecule has 1 aliphatic rings. The van der Waals surface area contributed by atoms with Crippen molar-refractivity contribution in [2.75, 3.05) is 25.8 Å². The first-order valence-electron chi connectivity index (χ1n) is 10.0. The van der Waals surface area contributed by atoms with Crippen molar-refractivity contribution in [3.8, 4) is 23.0 Å². The lowest BCUT2D eigenvalue weighted by molar-refractivity contribution is -0.120. The quantitative estimate of drug-likeness (QED) is 0.363. The monoisotopic (exact) mass is 468 g/mol. The summed E-state index contributed by atoms with van der Waals surface area (Å²) in [6.07, 6.45) is 1.49. The molecule has 0 unspecified atom stereocenters. The van der Waals surface area contributed by atoms with Crippen molar-refractivity contribution in [2.24, 2.45) is 5.16 Å². The lowest BCUT2D eigenvalue weighted by Gasteiger charge is -2.11. The van der Waals surface area contributed by atoms with Crippen LogP contribution in [-0.4, -0.2) is 32.6 Å². The van der Waals surface area contributed by atoms with Crippen molar-refractivity contribution in [1.29, 1.82) is 0 Å². The third-order valence-electron chi connectivity index (χ3n) is 4.62. The molecule has 1 aliphatic heterocycles. The normalized spacial score (nSPS) is 11.9. The highest BCUT2D eigenvalue weighted by Gasteiger charge is 2.14. The van der Waals surface area contributed by atoms with E-state index in [1.807, 2.05) is 24.3 Å².